The number of aromatic nitrogens is 2. The van der Waals surface area contributed by atoms with Crippen LogP contribution in [0.25, 0.3) is 11.0 Å². The fraction of sp³-hybridized carbons (Fsp3) is 0.486. The van der Waals surface area contributed by atoms with Gasteiger partial charge in [-0.3, -0.25) is 14.7 Å². The molecule has 1 aromatic carbocycles. The zero-order valence-corrected chi connectivity index (χ0v) is 26.9. The molecule has 0 N–H and O–H groups in total. The number of benzene rings is 1. The molecule has 5 rings (SSSR count). The third-order valence-corrected chi connectivity index (χ3v) is 8.42. The zero-order chi connectivity index (χ0) is 30.7. The second kappa shape index (κ2) is 12.8. The fourth-order valence-electron chi connectivity index (χ4n) is 6.33. The van der Waals surface area contributed by atoms with E-state index in [1.807, 2.05) is 32.2 Å². The highest BCUT2D eigenvalue weighted by Crippen LogP contribution is 2.38. The predicted octanol–water partition coefficient (Wildman–Crippen LogP) is 6.19. The molecule has 0 amide bonds. The third-order valence-electron chi connectivity index (χ3n) is 8.42. The van der Waals surface area contributed by atoms with E-state index in [1.165, 1.54) is 16.9 Å². The predicted molar refractivity (Wildman–Crippen MR) is 176 cm³/mol. The monoisotopic (exact) mass is 585 g/mol. The second-order valence-corrected chi connectivity index (χ2v) is 12.8. The molecule has 0 saturated carbocycles. The molecule has 0 saturated heterocycles. The number of ether oxygens (including phenoxy) is 1. The van der Waals surface area contributed by atoms with Crippen LogP contribution < -0.4 is 20.1 Å². The minimum absolute atomic E-state index is 0.0102. The van der Waals surface area contributed by atoms with E-state index >= 15 is 0 Å². The molecule has 3 aromatic heterocycles. The van der Waals surface area contributed by atoms with E-state index in [4.69, 9.17) is 9.15 Å². The minimum Gasteiger partial charge on any atom is -0.493 e. The van der Waals surface area contributed by atoms with Crippen molar-refractivity contribution in [1.29, 1.82) is 0 Å². The SMILES string of the molecule is CCN1CC(C)(C)CN(C)c2cc(OCCCN(CCn3ccc4oc(C)cc4c3=O)Cc3ccc(C)nc3C)ccc21. The fourth-order valence-corrected chi connectivity index (χ4v) is 6.33. The van der Waals surface area contributed by atoms with Gasteiger partial charge in [0, 0.05) is 76.5 Å². The van der Waals surface area contributed by atoms with Crippen LogP contribution in [-0.4, -0.2) is 60.8 Å². The molecule has 0 spiro atoms. The van der Waals surface area contributed by atoms with Crippen LogP contribution in [0.1, 0.15) is 49.9 Å². The number of furan rings is 1. The lowest BCUT2D eigenvalue weighted by Crippen LogP contribution is -2.37. The second-order valence-electron chi connectivity index (χ2n) is 12.8. The topological polar surface area (TPSA) is 67.0 Å². The number of anilines is 2. The van der Waals surface area contributed by atoms with E-state index in [2.05, 4.69) is 84.8 Å². The normalized spacial score (nSPS) is 14.8. The van der Waals surface area contributed by atoms with Gasteiger partial charge < -0.3 is 23.5 Å². The molecule has 8 heteroatoms. The molecule has 0 aliphatic carbocycles. The quantitative estimate of drug-likeness (QED) is 0.195. The van der Waals surface area contributed by atoms with Gasteiger partial charge >= 0.3 is 0 Å². The Balaban J connectivity index is 1.25. The number of rotatable bonds is 11. The summed E-state index contributed by atoms with van der Waals surface area (Å²) in [6.07, 6.45) is 2.71. The molecular formula is C35H47N5O3. The molecule has 1 aliphatic heterocycles. The first kappa shape index (κ1) is 30.7. The number of pyridine rings is 2. The first-order valence-electron chi connectivity index (χ1n) is 15.5. The molecule has 0 radical (unpaired) electrons. The van der Waals surface area contributed by atoms with Crippen LogP contribution in [0.5, 0.6) is 5.75 Å². The van der Waals surface area contributed by atoms with Gasteiger partial charge in [-0.05, 0) is 75.4 Å². The lowest BCUT2D eigenvalue weighted by molar-refractivity contribution is 0.220. The first-order valence-corrected chi connectivity index (χ1v) is 15.5. The van der Waals surface area contributed by atoms with Gasteiger partial charge in [-0.25, -0.2) is 0 Å². The van der Waals surface area contributed by atoms with E-state index < -0.39 is 0 Å². The van der Waals surface area contributed by atoms with Crippen molar-refractivity contribution < 1.29 is 9.15 Å². The van der Waals surface area contributed by atoms with Crippen molar-refractivity contribution in [3.63, 3.8) is 0 Å². The highest BCUT2D eigenvalue weighted by molar-refractivity contribution is 5.76. The van der Waals surface area contributed by atoms with Gasteiger partial charge in [0.1, 0.15) is 17.1 Å². The Morgan fingerprint density at radius 1 is 1.02 bits per heavy atom. The molecule has 0 fully saturated rings. The van der Waals surface area contributed by atoms with Crippen LogP contribution >= 0.6 is 0 Å². The Labute approximate surface area is 255 Å². The molecule has 4 aromatic rings. The average Bonchev–Trinajstić information content (AvgIpc) is 3.31. The number of hydrogen-bond donors (Lipinski definition) is 0. The average molecular weight is 586 g/mol. The van der Waals surface area contributed by atoms with Gasteiger partial charge in [-0.2, -0.15) is 0 Å². The van der Waals surface area contributed by atoms with Crippen molar-refractivity contribution in [3.05, 3.63) is 81.7 Å². The molecule has 0 unspecified atom stereocenters. The van der Waals surface area contributed by atoms with Crippen molar-refractivity contribution in [2.75, 3.05) is 56.2 Å². The van der Waals surface area contributed by atoms with E-state index in [1.54, 1.807) is 4.57 Å². The molecule has 4 heterocycles. The summed E-state index contributed by atoms with van der Waals surface area (Å²) in [5.41, 5.74) is 6.61. The molecule has 43 heavy (non-hydrogen) atoms. The summed E-state index contributed by atoms with van der Waals surface area (Å²) >= 11 is 0. The highest BCUT2D eigenvalue weighted by atomic mass is 16.5. The lowest BCUT2D eigenvalue weighted by Gasteiger charge is -2.30. The van der Waals surface area contributed by atoms with E-state index in [9.17, 15) is 4.79 Å². The summed E-state index contributed by atoms with van der Waals surface area (Å²) in [5.74, 6) is 1.66. The van der Waals surface area contributed by atoms with E-state index in [0.717, 1.165) is 68.6 Å². The highest BCUT2D eigenvalue weighted by Gasteiger charge is 2.29. The summed E-state index contributed by atoms with van der Waals surface area (Å²) < 4.78 is 13.7. The summed E-state index contributed by atoms with van der Waals surface area (Å²) in [7, 11) is 2.18. The molecule has 8 nitrogen and oxygen atoms in total. The maximum atomic E-state index is 13.1. The largest absolute Gasteiger partial charge is 0.493 e. The molecule has 0 bridgehead atoms. The van der Waals surface area contributed by atoms with Gasteiger partial charge in [0.2, 0.25) is 0 Å². The zero-order valence-electron chi connectivity index (χ0n) is 26.9. The van der Waals surface area contributed by atoms with Crippen LogP contribution in [0.2, 0.25) is 0 Å². The van der Waals surface area contributed by atoms with Gasteiger partial charge in [0.25, 0.3) is 5.56 Å². The Hall–Kier alpha value is -3.78. The standard InChI is InChI=1S/C35H47N5O3/c1-8-39-24-35(5,6)23-37(7)32-21-29(12-13-31(32)39)42-19-9-15-38(22-28-11-10-25(2)36-27(28)4)17-18-40-16-14-33-30(34(40)41)20-26(3)43-33/h10-14,16,20-21H,8-9,15,17-19,22-24H2,1-7H3. The maximum absolute atomic E-state index is 13.1. The van der Waals surface area contributed by atoms with E-state index in [-0.39, 0.29) is 11.0 Å². The smallest absolute Gasteiger partial charge is 0.261 e. The molecular weight excluding hydrogens is 538 g/mol. The number of aryl methyl sites for hydroxylation is 3. The summed E-state index contributed by atoms with van der Waals surface area (Å²) in [4.78, 5) is 25.0. The van der Waals surface area contributed by atoms with Crippen molar-refractivity contribution in [1.82, 2.24) is 14.5 Å². The Morgan fingerprint density at radius 2 is 1.84 bits per heavy atom. The van der Waals surface area contributed by atoms with E-state index in [0.29, 0.717) is 24.1 Å². The van der Waals surface area contributed by atoms with Gasteiger partial charge in [0.05, 0.1) is 23.4 Å². The summed E-state index contributed by atoms with van der Waals surface area (Å²) in [5, 5.41) is 0.635. The van der Waals surface area contributed by atoms with Crippen LogP contribution in [0.4, 0.5) is 11.4 Å². The van der Waals surface area contributed by atoms with Crippen molar-refractivity contribution >= 4 is 22.3 Å². The summed E-state index contributed by atoms with van der Waals surface area (Å²) in [6.45, 7) is 19.4. The van der Waals surface area contributed by atoms with Gasteiger partial charge in [0.15, 0.2) is 0 Å². The van der Waals surface area contributed by atoms with Gasteiger partial charge in [-0.15, -0.1) is 0 Å². The Kier molecular flexibility index (Phi) is 9.16. The summed E-state index contributed by atoms with van der Waals surface area (Å²) in [6, 6.07) is 14.5. The Morgan fingerprint density at radius 3 is 2.60 bits per heavy atom. The maximum Gasteiger partial charge on any atom is 0.261 e. The van der Waals surface area contributed by atoms with Crippen molar-refractivity contribution in [2.45, 2.75) is 61.1 Å². The minimum atomic E-state index is -0.0102. The van der Waals surface area contributed by atoms with Crippen molar-refractivity contribution in [2.24, 2.45) is 5.41 Å². The van der Waals surface area contributed by atoms with Crippen LogP contribution in [-0.2, 0) is 13.1 Å². The Bertz CT molecular complexity index is 1620. The van der Waals surface area contributed by atoms with Crippen LogP contribution in [0.3, 0.4) is 0 Å². The molecule has 230 valence electrons. The van der Waals surface area contributed by atoms with Crippen LogP contribution in [0, 0.1) is 26.2 Å². The molecule has 0 atom stereocenters. The lowest BCUT2D eigenvalue weighted by atomic mass is 9.92. The van der Waals surface area contributed by atoms with Gasteiger partial charge in [-0.1, -0.05) is 19.9 Å². The molecule has 1 aliphatic rings. The number of nitrogens with zero attached hydrogens (tertiary/aromatic N) is 5. The third kappa shape index (κ3) is 7.24. The number of fused-ring (bicyclic) bond motifs is 2. The first-order chi connectivity index (χ1) is 20.5. The number of hydrogen-bond acceptors (Lipinski definition) is 7. The van der Waals surface area contributed by atoms with Crippen LogP contribution in [0.15, 0.2) is 57.9 Å². The van der Waals surface area contributed by atoms with Crippen molar-refractivity contribution in [3.8, 4) is 5.75 Å².